The summed E-state index contributed by atoms with van der Waals surface area (Å²) in [4.78, 5) is 0. The Morgan fingerprint density at radius 3 is 2.24 bits per heavy atom. The molecule has 0 atom stereocenters. The summed E-state index contributed by atoms with van der Waals surface area (Å²) in [6.07, 6.45) is 3.18. The molecule has 6 heteroatoms. The van der Waals surface area contributed by atoms with Crippen molar-refractivity contribution in [3.8, 4) is 5.75 Å². The molecule has 0 aromatic heterocycles. The fourth-order valence-electron chi connectivity index (χ4n) is 3.01. The van der Waals surface area contributed by atoms with E-state index >= 15 is 0 Å². The van der Waals surface area contributed by atoms with Gasteiger partial charge in [-0.25, -0.2) is 17.6 Å². The van der Waals surface area contributed by atoms with E-state index in [1.807, 2.05) is 0 Å². The number of aryl methyl sites for hydroxylation is 1. The van der Waals surface area contributed by atoms with Gasteiger partial charge in [0.2, 0.25) is 5.82 Å². The van der Waals surface area contributed by atoms with Crippen molar-refractivity contribution in [3.63, 3.8) is 0 Å². The molecule has 0 aliphatic carbocycles. The van der Waals surface area contributed by atoms with Crippen LogP contribution >= 0.6 is 0 Å². The topological polar surface area (TPSA) is 9.23 Å². The van der Waals surface area contributed by atoms with E-state index in [1.54, 1.807) is 18.2 Å². The molecule has 0 amide bonds. The molecule has 0 aliphatic heterocycles. The van der Waals surface area contributed by atoms with Gasteiger partial charge in [-0.05, 0) is 35.9 Å². The van der Waals surface area contributed by atoms with Crippen molar-refractivity contribution < 1.29 is 26.7 Å². The molecule has 0 saturated heterocycles. The maximum Gasteiger partial charge on any atom is 0.201 e. The lowest BCUT2D eigenvalue weighted by molar-refractivity contribution is 0.374. The van der Waals surface area contributed by atoms with Gasteiger partial charge in [-0.3, -0.25) is 0 Å². The predicted octanol–water partition coefficient (Wildman–Crippen LogP) is 7.15. The second kappa shape index (κ2) is 8.47. The monoisotopic (exact) mass is 404 g/mol. The van der Waals surface area contributed by atoms with Crippen LogP contribution in [0.25, 0.3) is 22.4 Å². The molecule has 0 N–H and O–H groups in total. The first-order chi connectivity index (χ1) is 13.9. The SMILES string of the molecule is C=CCCc1ccc(C(F)=C(F)c2ccc3cc(OC)c(F)c(F)c3c2F)cc1. The number of rotatable bonds is 6. The van der Waals surface area contributed by atoms with Crippen LogP contribution in [-0.2, 0) is 6.42 Å². The minimum atomic E-state index is -1.53. The molecule has 0 unspecified atom stereocenters. The van der Waals surface area contributed by atoms with Gasteiger partial charge in [0.05, 0.1) is 12.5 Å². The van der Waals surface area contributed by atoms with Gasteiger partial charge in [0.1, 0.15) is 5.82 Å². The van der Waals surface area contributed by atoms with Gasteiger partial charge >= 0.3 is 0 Å². The van der Waals surface area contributed by atoms with Crippen LogP contribution in [0.2, 0.25) is 0 Å². The fourth-order valence-corrected chi connectivity index (χ4v) is 3.01. The van der Waals surface area contributed by atoms with Crippen LogP contribution in [0, 0.1) is 17.5 Å². The summed E-state index contributed by atoms with van der Waals surface area (Å²) in [7, 11) is 1.13. The van der Waals surface area contributed by atoms with Crippen molar-refractivity contribution in [2.45, 2.75) is 12.8 Å². The quantitative estimate of drug-likeness (QED) is 0.241. The second-order valence-corrected chi connectivity index (χ2v) is 6.38. The molecule has 0 bridgehead atoms. The van der Waals surface area contributed by atoms with Crippen LogP contribution in [0.1, 0.15) is 23.1 Å². The minimum Gasteiger partial charge on any atom is -0.494 e. The molecule has 0 aliphatic rings. The normalized spacial score (nSPS) is 12.1. The summed E-state index contributed by atoms with van der Waals surface area (Å²) in [5.41, 5.74) is 0.0187. The zero-order valence-corrected chi connectivity index (χ0v) is 15.5. The molecule has 0 heterocycles. The average Bonchev–Trinajstić information content (AvgIpc) is 2.74. The van der Waals surface area contributed by atoms with E-state index in [9.17, 15) is 22.0 Å². The lowest BCUT2D eigenvalue weighted by Gasteiger charge is -2.10. The van der Waals surface area contributed by atoms with Crippen molar-refractivity contribution >= 4 is 22.4 Å². The third kappa shape index (κ3) is 3.88. The number of hydrogen-bond donors (Lipinski definition) is 0. The summed E-state index contributed by atoms with van der Waals surface area (Å²) in [5.74, 6) is -7.54. The van der Waals surface area contributed by atoms with Crippen LogP contribution in [0.5, 0.6) is 5.75 Å². The molecule has 0 radical (unpaired) electrons. The standard InChI is InChI=1S/C23H17F5O/c1-3-4-5-13-6-8-14(9-7-13)19(24)21(26)16-11-10-15-12-17(29-2)22(27)23(28)18(15)20(16)25/h3,6-12H,1,4-5H2,2H3. The summed E-state index contributed by atoms with van der Waals surface area (Å²) in [6, 6.07) is 9.23. The van der Waals surface area contributed by atoms with E-state index in [0.717, 1.165) is 31.2 Å². The van der Waals surface area contributed by atoms with E-state index < -0.39 is 45.8 Å². The van der Waals surface area contributed by atoms with E-state index in [-0.39, 0.29) is 10.9 Å². The van der Waals surface area contributed by atoms with Crippen LogP contribution in [-0.4, -0.2) is 7.11 Å². The Bertz CT molecular complexity index is 1100. The van der Waals surface area contributed by atoms with Gasteiger partial charge in [-0.15, -0.1) is 6.58 Å². The number of allylic oxidation sites excluding steroid dienone is 1. The lowest BCUT2D eigenvalue weighted by atomic mass is 10.0. The Morgan fingerprint density at radius 2 is 1.62 bits per heavy atom. The van der Waals surface area contributed by atoms with E-state index in [2.05, 4.69) is 6.58 Å². The first kappa shape index (κ1) is 20.6. The number of benzene rings is 3. The minimum absolute atomic E-state index is 0.0400. The maximum atomic E-state index is 14.8. The third-order valence-electron chi connectivity index (χ3n) is 4.58. The van der Waals surface area contributed by atoms with Gasteiger partial charge in [0, 0.05) is 11.1 Å². The van der Waals surface area contributed by atoms with E-state index in [1.165, 1.54) is 18.2 Å². The number of methoxy groups -OCH3 is 1. The van der Waals surface area contributed by atoms with Gasteiger partial charge in [0.25, 0.3) is 0 Å². The van der Waals surface area contributed by atoms with Crippen molar-refractivity contribution in [1.82, 2.24) is 0 Å². The Morgan fingerprint density at radius 1 is 0.931 bits per heavy atom. The second-order valence-electron chi connectivity index (χ2n) is 6.38. The molecule has 0 fully saturated rings. The molecule has 1 nitrogen and oxygen atoms in total. The van der Waals surface area contributed by atoms with Crippen molar-refractivity contribution in [2.75, 3.05) is 7.11 Å². The smallest absolute Gasteiger partial charge is 0.201 e. The van der Waals surface area contributed by atoms with E-state index in [4.69, 9.17) is 4.74 Å². The average molecular weight is 404 g/mol. The summed E-state index contributed by atoms with van der Waals surface area (Å²) < 4.78 is 77.0. The Labute approximate surface area is 164 Å². The highest BCUT2D eigenvalue weighted by Crippen LogP contribution is 2.36. The zero-order valence-electron chi connectivity index (χ0n) is 15.5. The van der Waals surface area contributed by atoms with E-state index in [0.29, 0.717) is 6.42 Å². The molecule has 29 heavy (non-hydrogen) atoms. The fraction of sp³-hybridized carbons (Fsp3) is 0.130. The first-order valence-corrected chi connectivity index (χ1v) is 8.79. The first-order valence-electron chi connectivity index (χ1n) is 8.79. The molecule has 3 rings (SSSR count). The molecule has 3 aromatic carbocycles. The largest absolute Gasteiger partial charge is 0.494 e. The third-order valence-corrected chi connectivity index (χ3v) is 4.58. The maximum absolute atomic E-state index is 14.8. The summed E-state index contributed by atoms with van der Waals surface area (Å²) >= 11 is 0. The van der Waals surface area contributed by atoms with Crippen molar-refractivity contribution in [2.24, 2.45) is 0 Å². The highest BCUT2D eigenvalue weighted by Gasteiger charge is 2.22. The van der Waals surface area contributed by atoms with Crippen molar-refractivity contribution in [1.29, 1.82) is 0 Å². The molecular weight excluding hydrogens is 387 g/mol. The summed E-state index contributed by atoms with van der Waals surface area (Å²) in [5, 5.41) is -0.815. The molecule has 0 saturated carbocycles. The molecule has 150 valence electrons. The van der Waals surface area contributed by atoms with Gasteiger partial charge in [0.15, 0.2) is 23.2 Å². The molecular formula is C23H17F5O. The van der Waals surface area contributed by atoms with Crippen LogP contribution in [0.4, 0.5) is 22.0 Å². The highest BCUT2D eigenvalue weighted by molar-refractivity contribution is 5.91. The molecule has 0 spiro atoms. The number of ether oxygens (including phenoxy) is 1. The summed E-state index contributed by atoms with van der Waals surface area (Å²) in [6.45, 7) is 3.62. The number of halogens is 5. The van der Waals surface area contributed by atoms with Crippen molar-refractivity contribution in [3.05, 3.63) is 89.3 Å². The Balaban J connectivity index is 2.08. The highest BCUT2D eigenvalue weighted by atomic mass is 19.2. The lowest BCUT2D eigenvalue weighted by Crippen LogP contribution is -1.98. The van der Waals surface area contributed by atoms with Gasteiger partial charge in [-0.1, -0.05) is 36.4 Å². The number of hydrogen-bond acceptors (Lipinski definition) is 1. The van der Waals surface area contributed by atoms with Gasteiger partial charge < -0.3 is 4.74 Å². The Hall–Kier alpha value is -3.15. The van der Waals surface area contributed by atoms with Crippen LogP contribution in [0.3, 0.4) is 0 Å². The van der Waals surface area contributed by atoms with Gasteiger partial charge in [-0.2, -0.15) is 4.39 Å². The van der Waals surface area contributed by atoms with Crippen LogP contribution in [0.15, 0.2) is 55.1 Å². The van der Waals surface area contributed by atoms with Crippen LogP contribution < -0.4 is 4.74 Å². The Kier molecular flexibility index (Phi) is 6.01. The zero-order chi connectivity index (χ0) is 21.1. The predicted molar refractivity (Wildman–Crippen MR) is 104 cm³/mol. The number of fused-ring (bicyclic) bond motifs is 1. The molecule has 3 aromatic rings.